The monoisotopic (exact) mass is 204 g/mol. The lowest BCUT2D eigenvalue weighted by Gasteiger charge is -2.03. The number of nitrogens with one attached hydrogen (secondary N) is 1. The first-order valence-electron chi connectivity index (χ1n) is 5.01. The van der Waals surface area contributed by atoms with Crippen LogP contribution < -0.4 is 5.32 Å². The molecule has 15 heavy (non-hydrogen) atoms. The maximum Gasteiger partial charge on any atom is 0.123 e. The van der Waals surface area contributed by atoms with Crippen LogP contribution in [0.3, 0.4) is 0 Å². The maximum atomic E-state index is 12.6. The van der Waals surface area contributed by atoms with Gasteiger partial charge < -0.3 is 5.32 Å². The average Bonchev–Trinajstić information content (AvgIpc) is 2.74. The van der Waals surface area contributed by atoms with E-state index in [1.165, 1.54) is 12.1 Å². The van der Waals surface area contributed by atoms with E-state index >= 15 is 0 Å². The highest BCUT2D eigenvalue weighted by Crippen LogP contribution is 2.05. The Bertz CT molecular complexity index is 379. The van der Waals surface area contributed by atoms with Gasteiger partial charge in [0.05, 0.1) is 5.70 Å². The molecule has 78 valence electrons. The molecule has 0 atom stereocenters. The number of allylic oxidation sites excluding steroid dienone is 1. The van der Waals surface area contributed by atoms with Crippen molar-refractivity contribution in [3.63, 3.8) is 0 Å². The fourth-order valence-corrected chi connectivity index (χ4v) is 1.47. The van der Waals surface area contributed by atoms with Crippen molar-refractivity contribution in [3.8, 4) is 0 Å². The molecule has 1 heterocycles. The second-order valence-corrected chi connectivity index (χ2v) is 3.47. The average molecular weight is 204 g/mol. The fraction of sp³-hybridized carbons (Fsp3) is 0.250. The van der Waals surface area contributed by atoms with Crippen molar-refractivity contribution in [3.05, 3.63) is 47.4 Å². The van der Waals surface area contributed by atoms with Crippen molar-refractivity contribution in [2.75, 3.05) is 6.54 Å². The van der Waals surface area contributed by atoms with Crippen molar-refractivity contribution in [1.82, 2.24) is 5.32 Å². The van der Waals surface area contributed by atoms with Gasteiger partial charge in [-0.15, -0.1) is 0 Å². The second kappa shape index (κ2) is 4.84. The SMILES string of the molecule is Fc1ccc(CNCC2=CCC=N2)cc1. The Morgan fingerprint density at radius 2 is 2.00 bits per heavy atom. The van der Waals surface area contributed by atoms with Gasteiger partial charge in [0.2, 0.25) is 0 Å². The van der Waals surface area contributed by atoms with Gasteiger partial charge in [0.25, 0.3) is 0 Å². The van der Waals surface area contributed by atoms with Gasteiger partial charge in [-0.2, -0.15) is 0 Å². The van der Waals surface area contributed by atoms with Crippen LogP contribution in [0.15, 0.2) is 41.0 Å². The summed E-state index contributed by atoms with van der Waals surface area (Å²) in [5.41, 5.74) is 2.16. The molecule has 0 saturated heterocycles. The molecule has 0 aromatic heterocycles. The maximum absolute atomic E-state index is 12.6. The van der Waals surface area contributed by atoms with Crippen LogP contribution in [0.2, 0.25) is 0 Å². The highest BCUT2D eigenvalue weighted by molar-refractivity contribution is 5.64. The molecule has 0 aliphatic carbocycles. The van der Waals surface area contributed by atoms with Gasteiger partial charge in [0.1, 0.15) is 5.82 Å². The first kappa shape index (κ1) is 10.1. The van der Waals surface area contributed by atoms with E-state index in [9.17, 15) is 4.39 Å². The summed E-state index contributed by atoms with van der Waals surface area (Å²) >= 11 is 0. The Balaban J connectivity index is 1.78. The van der Waals surface area contributed by atoms with Gasteiger partial charge in [0, 0.05) is 25.7 Å². The number of benzene rings is 1. The Labute approximate surface area is 88.5 Å². The van der Waals surface area contributed by atoms with Crippen LogP contribution in [0, 0.1) is 5.82 Å². The van der Waals surface area contributed by atoms with E-state index in [0.29, 0.717) is 0 Å². The highest BCUT2D eigenvalue weighted by atomic mass is 19.1. The molecule has 1 aliphatic rings. The van der Waals surface area contributed by atoms with Crippen molar-refractivity contribution >= 4 is 6.21 Å². The van der Waals surface area contributed by atoms with Crippen LogP contribution in [0.1, 0.15) is 12.0 Å². The lowest BCUT2D eigenvalue weighted by atomic mass is 10.2. The number of rotatable bonds is 4. The minimum atomic E-state index is -0.193. The van der Waals surface area contributed by atoms with Crippen LogP contribution >= 0.6 is 0 Å². The molecule has 0 saturated carbocycles. The van der Waals surface area contributed by atoms with E-state index in [-0.39, 0.29) is 5.82 Å². The smallest absolute Gasteiger partial charge is 0.123 e. The van der Waals surface area contributed by atoms with Crippen molar-refractivity contribution in [2.24, 2.45) is 4.99 Å². The van der Waals surface area contributed by atoms with Gasteiger partial charge in [-0.1, -0.05) is 18.2 Å². The summed E-state index contributed by atoms with van der Waals surface area (Å²) in [7, 11) is 0. The molecule has 2 rings (SSSR count). The van der Waals surface area contributed by atoms with Crippen molar-refractivity contribution in [2.45, 2.75) is 13.0 Å². The summed E-state index contributed by atoms with van der Waals surface area (Å²) in [4.78, 5) is 4.19. The largest absolute Gasteiger partial charge is 0.307 e. The third kappa shape index (κ3) is 2.99. The van der Waals surface area contributed by atoms with Gasteiger partial charge in [-0.05, 0) is 17.7 Å². The van der Waals surface area contributed by atoms with Crippen molar-refractivity contribution < 1.29 is 4.39 Å². The Morgan fingerprint density at radius 1 is 1.20 bits per heavy atom. The first-order chi connectivity index (χ1) is 7.34. The van der Waals surface area contributed by atoms with Gasteiger partial charge in [-0.3, -0.25) is 4.99 Å². The van der Waals surface area contributed by atoms with E-state index in [2.05, 4.69) is 16.4 Å². The normalized spacial score (nSPS) is 14.3. The van der Waals surface area contributed by atoms with Gasteiger partial charge >= 0.3 is 0 Å². The zero-order chi connectivity index (χ0) is 10.5. The first-order valence-corrected chi connectivity index (χ1v) is 5.01. The molecule has 0 amide bonds. The van der Waals surface area contributed by atoms with Gasteiger partial charge in [-0.25, -0.2) is 4.39 Å². The number of halogens is 1. The molecule has 1 aliphatic heterocycles. The predicted octanol–water partition coefficient (Wildman–Crippen LogP) is 2.27. The van der Waals surface area contributed by atoms with E-state index in [1.54, 1.807) is 12.1 Å². The molecule has 0 fully saturated rings. The molecular formula is C12H13FN2. The molecule has 1 N–H and O–H groups in total. The second-order valence-electron chi connectivity index (χ2n) is 3.47. The van der Waals surface area contributed by atoms with E-state index in [0.717, 1.165) is 30.8 Å². The molecular weight excluding hydrogens is 191 g/mol. The standard InChI is InChI=1S/C12H13FN2/c13-11-5-3-10(4-6-11)8-14-9-12-2-1-7-15-12/h2-7,14H,1,8-9H2. The topological polar surface area (TPSA) is 24.4 Å². The molecule has 1 aromatic rings. The summed E-state index contributed by atoms with van der Waals surface area (Å²) in [6.45, 7) is 1.51. The molecule has 3 heteroatoms. The molecule has 1 aromatic carbocycles. The predicted molar refractivity (Wildman–Crippen MR) is 59.3 cm³/mol. The lowest BCUT2D eigenvalue weighted by Crippen LogP contribution is -2.15. The zero-order valence-corrected chi connectivity index (χ0v) is 8.41. The van der Waals surface area contributed by atoms with E-state index < -0.39 is 0 Å². The summed E-state index contributed by atoms with van der Waals surface area (Å²) < 4.78 is 12.6. The summed E-state index contributed by atoms with van der Waals surface area (Å²) in [5.74, 6) is -0.193. The highest BCUT2D eigenvalue weighted by Gasteiger charge is 1.98. The number of aliphatic imine (C=N–C) groups is 1. The van der Waals surface area contributed by atoms with Crippen LogP contribution in [0.5, 0.6) is 0 Å². The van der Waals surface area contributed by atoms with Gasteiger partial charge in [0.15, 0.2) is 0 Å². The molecule has 0 unspecified atom stereocenters. The number of nitrogens with zero attached hydrogens (tertiary/aromatic N) is 1. The Morgan fingerprint density at radius 3 is 2.67 bits per heavy atom. The van der Waals surface area contributed by atoms with Crippen LogP contribution in [-0.2, 0) is 6.54 Å². The zero-order valence-electron chi connectivity index (χ0n) is 8.41. The van der Waals surface area contributed by atoms with Crippen LogP contribution in [-0.4, -0.2) is 12.8 Å². The number of hydrogen-bond donors (Lipinski definition) is 1. The lowest BCUT2D eigenvalue weighted by molar-refractivity contribution is 0.626. The molecule has 0 radical (unpaired) electrons. The Hall–Kier alpha value is -1.48. The molecule has 2 nitrogen and oxygen atoms in total. The third-order valence-electron chi connectivity index (χ3n) is 2.26. The minimum absolute atomic E-state index is 0.193. The van der Waals surface area contributed by atoms with E-state index in [4.69, 9.17) is 0 Å². The molecule has 0 spiro atoms. The van der Waals surface area contributed by atoms with Crippen molar-refractivity contribution in [1.29, 1.82) is 0 Å². The minimum Gasteiger partial charge on any atom is -0.307 e. The quantitative estimate of drug-likeness (QED) is 0.799. The summed E-state index contributed by atoms with van der Waals surface area (Å²) in [6, 6.07) is 6.53. The summed E-state index contributed by atoms with van der Waals surface area (Å²) in [5, 5.41) is 3.26. The molecule has 0 bridgehead atoms. The fourth-order valence-electron chi connectivity index (χ4n) is 1.47. The Kier molecular flexibility index (Phi) is 3.25. The summed E-state index contributed by atoms with van der Waals surface area (Å²) in [6.07, 6.45) is 4.93. The van der Waals surface area contributed by atoms with Crippen LogP contribution in [0.4, 0.5) is 4.39 Å². The third-order valence-corrected chi connectivity index (χ3v) is 2.26. The number of hydrogen-bond acceptors (Lipinski definition) is 2. The van der Waals surface area contributed by atoms with E-state index in [1.807, 2.05) is 6.21 Å². The van der Waals surface area contributed by atoms with Crippen LogP contribution in [0.25, 0.3) is 0 Å².